The van der Waals surface area contributed by atoms with Gasteiger partial charge in [0.25, 0.3) is 0 Å². The van der Waals surface area contributed by atoms with Crippen molar-refractivity contribution in [1.82, 2.24) is 0 Å². The SMILES string of the molecule is CC/C=C/C/C=C/C/C=C/CCCCCCCCCCCC(=O)OC(COCCC(C(=O)[O-])[N+](C)(C)C)COC(=O)CCCCCCCCCCCCCCCCCCCCC. The maximum Gasteiger partial charge on any atom is 0.306 e. The van der Waals surface area contributed by atoms with Gasteiger partial charge in [-0.1, -0.05) is 211 Å². The molecule has 0 radical (unpaired) electrons. The molecule has 0 spiro atoms. The highest BCUT2D eigenvalue weighted by atomic mass is 16.6. The summed E-state index contributed by atoms with van der Waals surface area (Å²) < 4.78 is 17.3. The molecule has 0 fully saturated rings. The van der Waals surface area contributed by atoms with Gasteiger partial charge in [-0.05, 0) is 44.9 Å². The highest BCUT2D eigenvalue weighted by Crippen LogP contribution is 2.16. The Morgan fingerprint density at radius 1 is 0.500 bits per heavy atom. The summed E-state index contributed by atoms with van der Waals surface area (Å²) in [5.74, 6) is -1.73. The number of carbonyl (C=O) groups excluding carboxylic acids is 3. The molecular weight excluding hydrogens is 775 g/mol. The fourth-order valence-electron chi connectivity index (χ4n) is 7.79. The molecule has 0 aromatic carbocycles. The van der Waals surface area contributed by atoms with Crippen molar-refractivity contribution in [2.45, 2.75) is 251 Å². The average molecular weight is 874 g/mol. The van der Waals surface area contributed by atoms with Gasteiger partial charge in [0, 0.05) is 19.3 Å². The molecule has 0 aromatic heterocycles. The minimum atomic E-state index is -1.12. The predicted octanol–water partition coefficient (Wildman–Crippen LogP) is 13.6. The van der Waals surface area contributed by atoms with Gasteiger partial charge in [0.15, 0.2) is 6.10 Å². The summed E-state index contributed by atoms with van der Waals surface area (Å²) >= 11 is 0. The van der Waals surface area contributed by atoms with Crippen molar-refractivity contribution in [1.29, 1.82) is 0 Å². The number of aliphatic carboxylic acids is 1. The molecule has 0 aliphatic heterocycles. The number of hydrogen-bond acceptors (Lipinski definition) is 7. The molecular formula is C54H99NO7. The van der Waals surface area contributed by atoms with Crippen LogP contribution < -0.4 is 5.11 Å². The molecule has 8 heteroatoms. The van der Waals surface area contributed by atoms with Gasteiger partial charge in [-0.2, -0.15) is 0 Å². The standard InChI is InChI=1S/C54H99NO7/c1-6-8-10-12-14-16-18-20-22-24-26-28-30-32-34-36-38-40-42-44-52(56)61-49-50(48-60-47-46-51(54(58)59)55(3,4)5)62-53(57)45-43-41-39-37-35-33-31-29-27-25-23-21-19-17-15-13-11-9-7-2/h9,11,15,17,21,23,50-51H,6-8,10,12-14,16,18-20,22,24-49H2,1-5H3/b11-9+,17-15+,23-21+. The molecule has 0 heterocycles. The summed E-state index contributed by atoms with van der Waals surface area (Å²) in [6.45, 7) is 4.59. The third kappa shape index (κ3) is 42.8. The summed E-state index contributed by atoms with van der Waals surface area (Å²) in [7, 11) is 5.42. The Kier molecular flexibility index (Phi) is 43.3. The Hall–Kier alpha value is -2.45. The van der Waals surface area contributed by atoms with Gasteiger partial charge < -0.3 is 28.6 Å². The highest BCUT2D eigenvalue weighted by Gasteiger charge is 2.25. The van der Waals surface area contributed by atoms with Crippen LogP contribution in [-0.4, -0.2) is 75.5 Å². The van der Waals surface area contributed by atoms with Crippen LogP contribution in [0.2, 0.25) is 0 Å². The van der Waals surface area contributed by atoms with Crippen molar-refractivity contribution < 1.29 is 38.2 Å². The largest absolute Gasteiger partial charge is 0.544 e. The quantitative estimate of drug-likeness (QED) is 0.0260. The van der Waals surface area contributed by atoms with Gasteiger partial charge in [0.05, 0.1) is 40.3 Å². The molecule has 2 atom stereocenters. The molecule has 0 aliphatic rings. The van der Waals surface area contributed by atoms with Crippen molar-refractivity contribution in [2.75, 3.05) is 41.0 Å². The van der Waals surface area contributed by atoms with Crippen molar-refractivity contribution in [3.05, 3.63) is 36.5 Å². The van der Waals surface area contributed by atoms with E-state index in [4.69, 9.17) is 14.2 Å². The molecule has 0 bridgehead atoms. The molecule has 8 nitrogen and oxygen atoms in total. The molecule has 0 rings (SSSR count). The van der Waals surface area contributed by atoms with Crippen LogP contribution >= 0.6 is 0 Å². The number of carbonyl (C=O) groups is 3. The number of hydrogen-bond donors (Lipinski definition) is 0. The number of likely N-dealkylation sites (N-methyl/N-ethyl adjacent to an activating group) is 1. The Labute approximate surface area is 383 Å². The maximum atomic E-state index is 12.8. The van der Waals surface area contributed by atoms with Crippen molar-refractivity contribution in [2.24, 2.45) is 0 Å². The molecule has 2 unspecified atom stereocenters. The lowest BCUT2D eigenvalue weighted by Crippen LogP contribution is -2.55. The summed E-state index contributed by atoms with van der Waals surface area (Å²) in [6.07, 6.45) is 53.1. The first-order valence-corrected chi connectivity index (χ1v) is 26.0. The lowest BCUT2D eigenvalue weighted by atomic mass is 10.0. The van der Waals surface area contributed by atoms with Crippen molar-refractivity contribution >= 4 is 17.9 Å². The second kappa shape index (κ2) is 45.1. The molecule has 0 aromatic rings. The van der Waals surface area contributed by atoms with Crippen LogP contribution in [0, 0.1) is 0 Å². The van der Waals surface area contributed by atoms with E-state index in [0.717, 1.165) is 64.2 Å². The second-order valence-electron chi connectivity index (χ2n) is 18.7. The number of esters is 2. The van der Waals surface area contributed by atoms with Crippen LogP contribution in [0.25, 0.3) is 0 Å². The average Bonchev–Trinajstić information content (AvgIpc) is 3.23. The van der Waals surface area contributed by atoms with Gasteiger partial charge in [-0.25, -0.2) is 0 Å². The molecule has 0 aliphatic carbocycles. The molecule has 0 saturated heterocycles. The third-order valence-corrected chi connectivity index (χ3v) is 11.8. The second-order valence-corrected chi connectivity index (χ2v) is 18.7. The summed E-state index contributed by atoms with van der Waals surface area (Å²) in [4.78, 5) is 37.0. The summed E-state index contributed by atoms with van der Waals surface area (Å²) in [6, 6.07) is -0.726. The van der Waals surface area contributed by atoms with Gasteiger partial charge >= 0.3 is 11.9 Å². The summed E-state index contributed by atoms with van der Waals surface area (Å²) in [5, 5.41) is 11.7. The Balaban J connectivity index is 4.21. The van der Waals surface area contributed by atoms with Crippen molar-refractivity contribution in [3.8, 4) is 0 Å². The minimum Gasteiger partial charge on any atom is -0.544 e. The monoisotopic (exact) mass is 874 g/mol. The van der Waals surface area contributed by atoms with Gasteiger partial charge in [0.2, 0.25) is 0 Å². The molecule has 0 saturated carbocycles. The first kappa shape index (κ1) is 59.5. The van der Waals surface area contributed by atoms with E-state index in [-0.39, 0.29) is 42.7 Å². The lowest BCUT2D eigenvalue weighted by Gasteiger charge is -2.34. The topological polar surface area (TPSA) is 102 Å². The van der Waals surface area contributed by atoms with Crippen LogP contribution in [-0.2, 0) is 28.6 Å². The van der Waals surface area contributed by atoms with E-state index in [0.29, 0.717) is 12.8 Å². The number of carboxylic acid groups (broad SMARTS) is 1. The number of quaternary nitrogens is 1. The Morgan fingerprint density at radius 3 is 1.34 bits per heavy atom. The summed E-state index contributed by atoms with van der Waals surface area (Å²) in [5.41, 5.74) is 0. The van der Waals surface area contributed by atoms with Gasteiger partial charge in [-0.3, -0.25) is 9.59 Å². The maximum absolute atomic E-state index is 12.8. The van der Waals surface area contributed by atoms with E-state index in [2.05, 4.69) is 50.3 Å². The number of unbranched alkanes of at least 4 members (excludes halogenated alkanes) is 27. The Bertz CT molecular complexity index is 1110. The zero-order chi connectivity index (χ0) is 45.6. The number of allylic oxidation sites excluding steroid dienone is 6. The predicted molar refractivity (Wildman–Crippen MR) is 259 cm³/mol. The van der Waals surface area contributed by atoms with Crippen molar-refractivity contribution in [3.63, 3.8) is 0 Å². The molecule has 62 heavy (non-hydrogen) atoms. The van der Waals surface area contributed by atoms with E-state index in [1.807, 2.05) is 0 Å². The van der Waals surface area contributed by atoms with Gasteiger partial charge in [-0.15, -0.1) is 0 Å². The number of carboxylic acids is 1. The molecule has 0 N–H and O–H groups in total. The third-order valence-electron chi connectivity index (χ3n) is 11.8. The first-order valence-electron chi connectivity index (χ1n) is 26.0. The number of nitrogens with zero attached hydrogens (tertiary/aromatic N) is 1. The molecule has 0 amide bonds. The minimum absolute atomic E-state index is 0.0417. The Morgan fingerprint density at radius 2 is 0.903 bits per heavy atom. The van der Waals surface area contributed by atoms with Crippen LogP contribution in [0.3, 0.4) is 0 Å². The zero-order valence-corrected chi connectivity index (χ0v) is 41.3. The van der Waals surface area contributed by atoms with E-state index >= 15 is 0 Å². The van der Waals surface area contributed by atoms with Gasteiger partial charge in [0.1, 0.15) is 12.6 Å². The zero-order valence-electron chi connectivity index (χ0n) is 41.3. The van der Waals surface area contributed by atoms with Crippen LogP contribution in [0.5, 0.6) is 0 Å². The van der Waals surface area contributed by atoms with Crippen LogP contribution in [0.4, 0.5) is 0 Å². The van der Waals surface area contributed by atoms with E-state index in [9.17, 15) is 19.5 Å². The number of ether oxygens (including phenoxy) is 3. The fraction of sp³-hybridized carbons (Fsp3) is 0.833. The lowest BCUT2D eigenvalue weighted by molar-refractivity contribution is -0.889. The fourth-order valence-corrected chi connectivity index (χ4v) is 7.79. The highest BCUT2D eigenvalue weighted by molar-refractivity contribution is 5.70. The van der Waals surface area contributed by atoms with Crippen LogP contribution in [0.15, 0.2) is 36.5 Å². The van der Waals surface area contributed by atoms with E-state index < -0.39 is 18.1 Å². The number of rotatable bonds is 47. The van der Waals surface area contributed by atoms with E-state index in [1.165, 1.54) is 141 Å². The molecule has 362 valence electrons. The first-order chi connectivity index (χ1) is 30.1. The normalized spacial score (nSPS) is 13.1. The van der Waals surface area contributed by atoms with Crippen LogP contribution in [0.1, 0.15) is 239 Å². The van der Waals surface area contributed by atoms with E-state index in [1.54, 1.807) is 21.1 Å². The smallest absolute Gasteiger partial charge is 0.306 e.